The van der Waals surface area contributed by atoms with Gasteiger partial charge in [-0.1, -0.05) is 23.7 Å². The number of nitrogens with one attached hydrogen (secondary N) is 2. The van der Waals surface area contributed by atoms with Crippen LogP contribution in [0.3, 0.4) is 0 Å². The van der Waals surface area contributed by atoms with Crippen molar-refractivity contribution in [2.75, 3.05) is 25.0 Å². The van der Waals surface area contributed by atoms with E-state index >= 15 is 0 Å². The van der Waals surface area contributed by atoms with Gasteiger partial charge in [0.2, 0.25) is 5.91 Å². The first kappa shape index (κ1) is 22.0. The van der Waals surface area contributed by atoms with Crippen LogP contribution in [-0.4, -0.2) is 32.0 Å². The van der Waals surface area contributed by atoms with Crippen molar-refractivity contribution in [3.8, 4) is 0 Å². The van der Waals surface area contributed by atoms with Gasteiger partial charge in [0.15, 0.2) is 5.96 Å². The van der Waals surface area contributed by atoms with E-state index in [0.717, 1.165) is 47.5 Å². The van der Waals surface area contributed by atoms with Crippen LogP contribution in [0.15, 0.2) is 41.4 Å². The first-order valence-corrected chi connectivity index (χ1v) is 9.93. The fraction of sp³-hybridized carbons (Fsp3) is 0.368. The van der Waals surface area contributed by atoms with E-state index in [1.54, 1.807) is 18.4 Å². The van der Waals surface area contributed by atoms with Crippen LogP contribution in [0.25, 0.3) is 0 Å². The highest BCUT2D eigenvalue weighted by molar-refractivity contribution is 14.0. The normalized spacial score (nSPS) is 14.2. The molecular formula is C19H24ClIN4OS. The number of anilines is 1. The van der Waals surface area contributed by atoms with Gasteiger partial charge in [-0.3, -0.25) is 9.79 Å². The average molecular weight is 519 g/mol. The van der Waals surface area contributed by atoms with Crippen molar-refractivity contribution in [3.63, 3.8) is 0 Å². The van der Waals surface area contributed by atoms with Crippen LogP contribution in [0.4, 0.5) is 5.69 Å². The largest absolute Gasteiger partial charge is 0.356 e. The predicted molar refractivity (Wildman–Crippen MR) is 125 cm³/mol. The monoisotopic (exact) mass is 518 g/mol. The molecule has 1 amide bonds. The van der Waals surface area contributed by atoms with Crippen molar-refractivity contribution in [1.29, 1.82) is 0 Å². The number of hydrogen-bond donors (Lipinski definition) is 2. The molecule has 2 N–H and O–H groups in total. The molecule has 0 bridgehead atoms. The summed E-state index contributed by atoms with van der Waals surface area (Å²) in [6.45, 7) is 2.30. The lowest BCUT2D eigenvalue weighted by Crippen LogP contribution is -2.37. The van der Waals surface area contributed by atoms with Gasteiger partial charge in [-0.05, 0) is 42.7 Å². The van der Waals surface area contributed by atoms with E-state index in [1.165, 1.54) is 4.88 Å². The summed E-state index contributed by atoms with van der Waals surface area (Å²) in [5.74, 6) is 0.985. The minimum Gasteiger partial charge on any atom is -0.356 e. The third-order valence-electron chi connectivity index (χ3n) is 4.30. The van der Waals surface area contributed by atoms with Crippen LogP contribution in [0.2, 0.25) is 4.34 Å². The molecule has 8 heteroatoms. The summed E-state index contributed by atoms with van der Waals surface area (Å²) in [6.07, 6.45) is 2.52. The zero-order valence-corrected chi connectivity index (χ0v) is 19.1. The van der Waals surface area contributed by atoms with Crippen molar-refractivity contribution in [2.45, 2.75) is 25.8 Å². The molecule has 27 heavy (non-hydrogen) atoms. The number of guanidine groups is 1. The van der Waals surface area contributed by atoms with E-state index in [1.807, 2.05) is 23.1 Å². The molecule has 1 fully saturated rings. The highest BCUT2D eigenvalue weighted by Crippen LogP contribution is 2.22. The average Bonchev–Trinajstić information content (AvgIpc) is 3.26. The Morgan fingerprint density at radius 1 is 1.22 bits per heavy atom. The van der Waals surface area contributed by atoms with Crippen molar-refractivity contribution in [2.24, 2.45) is 4.99 Å². The molecule has 5 nitrogen and oxygen atoms in total. The second kappa shape index (κ2) is 10.9. The van der Waals surface area contributed by atoms with Gasteiger partial charge in [0.25, 0.3) is 0 Å². The maximum atomic E-state index is 11.8. The zero-order valence-electron chi connectivity index (χ0n) is 15.2. The summed E-state index contributed by atoms with van der Waals surface area (Å²) in [6, 6.07) is 12.1. The SMILES string of the molecule is CN=C(NCCc1ccc(Cl)s1)NCc1ccc(N2CCCC2=O)cc1.I. The molecule has 0 radical (unpaired) electrons. The first-order chi connectivity index (χ1) is 12.7. The Labute approximate surface area is 186 Å². The number of rotatable bonds is 6. The van der Waals surface area contributed by atoms with Crippen LogP contribution in [0.5, 0.6) is 0 Å². The van der Waals surface area contributed by atoms with Crippen LogP contribution >= 0.6 is 46.9 Å². The van der Waals surface area contributed by atoms with Gasteiger partial charge in [-0.25, -0.2) is 0 Å². The molecule has 0 atom stereocenters. The zero-order chi connectivity index (χ0) is 18.4. The van der Waals surface area contributed by atoms with Crippen molar-refractivity contribution in [3.05, 3.63) is 51.2 Å². The van der Waals surface area contributed by atoms with Crippen molar-refractivity contribution in [1.82, 2.24) is 10.6 Å². The Kier molecular flexibility index (Phi) is 8.85. The quantitative estimate of drug-likeness (QED) is 0.345. The molecule has 0 saturated carbocycles. The predicted octanol–water partition coefficient (Wildman–Crippen LogP) is 4.05. The first-order valence-electron chi connectivity index (χ1n) is 8.74. The van der Waals surface area contributed by atoms with Gasteiger partial charge in [-0.15, -0.1) is 35.3 Å². The van der Waals surface area contributed by atoms with E-state index in [9.17, 15) is 4.79 Å². The van der Waals surface area contributed by atoms with Crippen LogP contribution in [0.1, 0.15) is 23.3 Å². The molecular weight excluding hydrogens is 495 g/mol. The van der Waals surface area contributed by atoms with E-state index in [-0.39, 0.29) is 29.9 Å². The van der Waals surface area contributed by atoms with Gasteiger partial charge < -0.3 is 15.5 Å². The van der Waals surface area contributed by atoms with Gasteiger partial charge in [0, 0.05) is 43.7 Å². The lowest BCUT2D eigenvalue weighted by Gasteiger charge is -2.16. The van der Waals surface area contributed by atoms with E-state index in [2.05, 4.69) is 33.8 Å². The highest BCUT2D eigenvalue weighted by atomic mass is 127. The van der Waals surface area contributed by atoms with Crippen LogP contribution in [-0.2, 0) is 17.8 Å². The number of carbonyl (C=O) groups excluding carboxylic acids is 1. The van der Waals surface area contributed by atoms with Gasteiger partial charge >= 0.3 is 0 Å². The van der Waals surface area contributed by atoms with E-state index in [4.69, 9.17) is 11.6 Å². The Morgan fingerprint density at radius 3 is 2.59 bits per heavy atom. The lowest BCUT2D eigenvalue weighted by molar-refractivity contribution is -0.117. The topological polar surface area (TPSA) is 56.7 Å². The van der Waals surface area contributed by atoms with E-state index in [0.29, 0.717) is 13.0 Å². The van der Waals surface area contributed by atoms with E-state index < -0.39 is 0 Å². The summed E-state index contributed by atoms with van der Waals surface area (Å²) in [7, 11) is 1.76. The molecule has 0 spiro atoms. The molecule has 1 aromatic heterocycles. The minimum absolute atomic E-state index is 0. The van der Waals surface area contributed by atoms with Crippen LogP contribution < -0.4 is 15.5 Å². The number of aliphatic imine (C=N–C) groups is 1. The molecule has 1 aliphatic heterocycles. The molecule has 1 aliphatic rings. The smallest absolute Gasteiger partial charge is 0.227 e. The Hall–Kier alpha value is -1.32. The molecule has 146 valence electrons. The number of nitrogens with zero attached hydrogens (tertiary/aromatic N) is 2. The third-order valence-corrected chi connectivity index (χ3v) is 5.59. The van der Waals surface area contributed by atoms with Gasteiger partial charge in [-0.2, -0.15) is 0 Å². The molecule has 1 saturated heterocycles. The molecule has 3 rings (SSSR count). The molecule has 2 aromatic rings. The Bertz CT molecular complexity index is 778. The number of benzene rings is 1. The Morgan fingerprint density at radius 2 is 2.00 bits per heavy atom. The molecule has 0 aliphatic carbocycles. The summed E-state index contributed by atoms with van der Waals surface area (Å²) >= 11 is 7.55. The summed E-state index contributed by atoms with van der Waals surface area (Å²) < 4.78 is 0.821. The number of thiophene rings is 1. The minimum atomic E-state index is 0. The maximum Gasteiger partial charge on any atom is 0.227 e. The molecule has 1 aromatic carbocycles. The van der Waals surface area contributed by atoms with Crippen LogP contribution in [0, 0.1) is 0 Å². The van der Waals surface area contributed by atoms with Crippen molar-refractivity contribution >= 4 is 64.5 Å². The highest BCUT2D eigenvalue weighted by Gasteiger charge is 2.21. The number of carbonyl (C=O) groups is 1. The molecule has 2 heterocycles. The summed E-state index contributed by atoms with van der Waals surface area (Å²) in [5, 5.41) is 6.62. The fourth-order valence-corrected chi connectivity index (χ4v) is 4.00. The summed E-state index contributed by atoms with van der Waals surface area (Å²) in [4.78, 5) is 19.2. The second-order valence-electron chi connectivity index (χ2n) is 6.12. The lowest BCUT2D eigenvalue weighted by atomic mass is 10.2. The fourth-order valence-electron chi connectivity index (χ4n) is 2.91. The third kappa shape index (κ3) is 6.36. The summed E-state index contributed by atoms with van der Waals surface area (Å²) in [5.41, 5.74) is 2.13. The standard InChI is InChI=1S/C19H23ClN4OS.HI/c1-21-19(22-11-10-16-8-9-17(20)26-16)23-13-14-4-6-15(7-5-14)24-12-2-3-18(24)25;/h4-9H,2-3,10-13H2,1H3,(H2,21,22,23);1H. The number of hydrogen-bond acceptors (Lipinski definition) is 3. The van der Waals surface area contributed by atoms with Gasteiger partial charge in [0.05, 0.1) is 4.34 Å². The van der Waals surface area contributed by atoms with Crippen molar-refractivity contribution < 1.29 is 4.79 Å². The maximum absolute atomic E-state index is 11.8. The van der Waals surface area contributed by atoms with Gasteiger partial charge in [0.1, 0.15) is 0 Å². The Balaban J connectivity index is 0.00000261. The molecule has 0 unspecified atom stereocenters. The second-order valence-corrected chi connectivity index (χ2v) is 7.92. The number of halogens is 2. The number of amides is 1.